The molecule has 0 aliphatic carbocycles. The van der Waals surface area contributed by atoms with Gasteiger partial charge in [-0.3, -0.25) is 4.79 Å². The topological polar surface area (TPSA) is 51.5 Å². The highest BCUT2D eigenvalue weighted by molar-refractivity contribution is 5.99. The van der Waals surface area contributed by atoms with Crippen LogP contribution in [0.5, 0.6) is 5.75 Å². The Balaban J connectivity index is 1.56. The number of para-hydroxylation sites is 2. The lowest BCUT2D eigenvalue weighted by Gasteiger charge is -2.08. The van der Waals surface area contributed by atoms with Crippen molar-refractivity contribution in [2.45, 2.75) is 13.2 Å². The third kappa shape index (κ3) is 3.88. The minimum absolute atomic E-state index is 0.209. The number of halogens is 1. The van der Waals surface area contributed by atoms with Gasteiger partial charge in [-0.2, -0.15) is 0 Å². The van der Waals surface area contributed by atoms with Crippen LogP contribution in [0.4, 0.5) is 4.39 Å². The smallest absolute Gasteiger partial charge is 0.287 e. The van der Waals surface area contributed by atoms with E-state index in [1.54, 1.807) is 12.1 Å². The van der Waals surface area contributed by atoms with Gasteiger partial charge in [0.1, 0.15) is 23.8 Å². The van der Waals surface area contributed by atoms with Crippen molar-refractivity contribution >= 4 is 16.9 Å². The maximum absolute atomic E-state index is 13.0. The fraction of sp³-hybridized carbons (Fsp3) is 0.0870. The largest absolute Gasteiger partial charge is 0.489 e. The number of furan rings is 1. The van der Waals surface area contributed by atoms with Gasteiger partial charge in [0.25, 0.3) is 5.91 Å². The third-order valence-electron chi connectivity index (χ3n) is 4.40. The average molecular weight is 375 g/mol. The molecule has 0 fully saturated rings. The summed E-state index contributed by atoms with van der Waals surface area (Å²) in [6.07, 6.45) is 0. The van der Waals surface area contributed by atoms with Crippen LogP contribution in [0.3, 0.4) is 0 Å². The predicted octanol–water partition coefficient (Wildman–Crippen LogP) is 5.08. The molecule has 0 radical (unpaired) electrons. The van der Waals surface area contributed by atoms with E-state index < -0.39 is 0 Å². The highest BCUT2D eigenvalue weighted by Crippen LogP contribution is 2.27. The molecule has 4 aromatic rings. The van der Waals surface area contributed by atoms with E-state index in [4.69, 9.17) is 9.15 Å². The van der Waals surface area contributed by atoms with E-state index in [-0.39, 0.29) is 30.6 Å². The number of fused-ring (bicyclic) bond motifs is 1. The normalized spacial score (nSPS) is 10.8. The second kappa shape index (κ2) is 7.96. The molecule has 0 atom stereocenters. The molecule has 4 nitrogen and oxygen atoms in total. The first kappa shape index (κ1) is 17.8. The van der Waals surface area contributed by atoms with Crippen molar-refractivity contribution in [3.63, 3.8) is 0 Å². The summed E-state index contributed by atoms with van der Waals surface area (Å²) in [4.78, 5) is 12.8. The van der Waals surface area contributed by atoms with Gasteiger partial charge >= 0.3 is 0 Å². The van der Waals surface area contributed by atoms with E-state index in [9.17, 15) is 9.18 Å². The molecule has 1 amide bonds. The van der Waals surface area contributed by atoms with Crippen LogP contribution in [0.1, 0.15) is 21.7 Å². The van der Waals surface area contributed by atoms with Crippen LogP contribution in [0.2, 0.25) is 0 Å². The van der Waals surface area contributed by atoms with E-state index in [2.05, 4.69) is 5.32 Å². The molecule has 0 saturated carbocycles. The lowest BCUT2D eigenvalue weighted by Crippen LogP contribution is -2.23. The zero-order valence-corrected chi connectivity index (χ0v) is 15.0. The zero-order valence-electron chi connectivity index (χ0n) is 15.0. The minimum Gasteiger partial charge on any atom is -0.489 e. The second-order valence-corrected chi connectivity index (χ2v) is 6.32. The fourth-order valence-electron chi connectivity index (χ4n) is 2.96. The SMILES string of the molecule is O=C(NCc1ccc(F)cc1)c1oc2ccccc2c1COc1ccccc1. The van der Waals surface area contributed by atoms with Crippen LogP contribution in [-0.4, -0.2) is 5.91 Å². The van der Waals surface area contributed by atoms with Gasteiger partial charge in [0, 0.05) is 17.5 Å². The number of carbonyl (C=O) groups is 1. The average Bonchev–Trinajstić information content (AvgIpc) is 3.11. The first-order valence-corrected chi connectivity index (χ1v) is 8.91. The Morgan fingerprint density at radius 1 is 0.929 bits per heavy atom. The van der Waals surface area contributed by atoms with Crippen LogP contribution >= 0.6 is 0 Å². The summed E-state index contributed by atoms with van der Waals surface area (Å²) in [5.74, 6) is 0.282. The van der Waals surface area contributed by atoms with Crippen LogP contribution in [0.25, 0.3) is 11.0 Å². The van der Waals surface area contributed by atoms with Gasteiger partial charge in [-0.15, -0.1) is 0 Å². The van der Waals surface area contributed by atoms with Crippen LogP contribution in [0.15, 0.2) is 83.3 Å². The molecule has 0 spiro atoms. The molecule has 0 aliphatic heterocycles. The van der Waals surface area contributed by atoms with Gasteiger partial charge in [-0.1, -0.05) is 48.5 Å². The standard InChI is InChI=1S/C23H18FNO3/c24-17-12-10-16(11-13-17)14-25-23(26)22-20(15-27-18-6-2-1-3-7-18)19-8-4-5-9-21(19)28-22/h1-13H,14-15H2,(H,25,26). The molecule has 0 aliphatic rings. The van der Waals surface area contributed by atoms with Crippen molar-refractivity contribution in [3.8, 4) is 5.75 Å². The summed E-state index contributed by atoms with van der Waals surface area (Å²) in [5, 5.41) is 3.66. The third-order valence-corrected chi connectivity index (χ3v) is 4.40. The quantitative estimate of drug-likeness (QED) is 0.511. The molecule has 28 heavy (non-hydrogen) atoms. The molecule has 0 unspecified atom stereocenters. The highest BCUT2D eigenvalue weighted by atomic mass is 19.1. The van der Waals surface area contributed by atoms with Gasteiger partial charge in [0.15, 0.2) is 5.76 Å². The zero-order chi connectivity index (χ0) is 19.3. The fourth-order valence-corrected chi connectivity index (χ4v) is 2.96. The number of ether oxygens (including phenoxy) is 1. The molecule has 1 N–H and O–H groups in total. The van der Waals surface area contributed by atoms with Crippen molar-refractivity contribution in [3.05, 3.63) is 102 Å². The van der Waals surface area contributed by atoms with E-state index in [1.807, 2.05) is 54.6 Å². The lowest BCUT2D eigenvalue weighted by atomic mass is 10.1. The number of hydrogen-bond donors (Lipinski definition) is 1. The Kier molecular flexibility index (Phi) is 5.06. The maximum Gasteiger partial charge on any atom is 0.287 e. The van der Waals surface area contributed by atoms with Crippen molar-refractivity contribution in [1.29, 1.82) is 0 Å². The summed E-state index contributed by atoms with van der Waals surface area (Å²) in [6.45, 7) is 0.482. The Hall–Kier alpha value is -3.60. The number of nitrogens with one attached hydrogen (secondary N) is 1. The van der Waals surface area contributed by atoms with Crippen molar-refractivity contribution < 1.29 is 18.3 Å². The van der Waals surface area contributed by atoms with Crippen LogP contribution in [0, 0.1) is 5.82 Å². The van der Waals surface area contributed by atoms with Gasteiger partial charge in [0.05, 0.1) is 0 Å². The predicted molar refractivity (Wildman–Crippen MR) is 105 cm³/mol. The molecule has 0 saturated heterocycles. The minimum atomic E-state index is -0.341. The first-order chi connectivity index (χ1) is 13.7. The monoisotopic (exact) mass is 375 g/mol. The molecule has 0 bridgehead atoms. The van der Waals surface area contributed by atoms with E-state index in [0.29, 0.717) is 16.9 Å². The van der Waals surface area contributed by atoms with Gasteiger partial charge in [-0.25, -0.2) is 4.39 Å². The summed E-state index contributed by atoms with van der Waals surface area (Å²) >= 11 is 0. The lowest BCUT2D eigenvalue weighted by molar-refractivity contribution is 0.0922. The molecule has 3 aromatic carbocycles. The van der Waals surface area contributed by atoms with Crippen LogP contribution in [-0.2, 0) is 13.2 Å². The Bertz CT molecular complexity index is 1090. The van der Waals surface area contributed by atoms with E-state index in [0.717, 1.165) is 10.9 Å². The maximum atomic E-state index is 13.0. The number of carbonyl (C=O) groups excluding carboxylic acids is 1. The van der Waals surface area contributed by atoms with Crippen LogP contribution < -0.4 is 10.1 Å². The van der Waals surface area contributed by atoms with Gasteiger partial charge in [-0.05, 0) is 35.9 Å². The van der Waals surface area contributed by atoms with Crippen molar-refractivity contribution in [1.82, 2.24) is 5.32 Å². The molecule has 1 heterocycles. The first-order valence-electron chi connectivity index (χ1n) is 8.91. The molecule has 1 aromatic heterocycles. The van der Waals surface area contributed by atoms with E-state index in [1.165, 1.54) is 12.1 Å². The molecule has 5 heteroatoms. The van der Waals surface area contributed by atoms with Gasteiger partial charge < -0.3 is 14.5 Å². The Morgan fingerprint density at radius 2 is 1.64 bits per heavy atom. The number of rotatable bonds is 6. The number of hydrogen-bond acceptors (Lipinski definition) is 3. The second-order valence-electron chi connectivity index (χ2n) is 6.32. The summed E-state index contributed by atoms with van der Waals surface area (Å²) in [6, 6.07) is 22.9. The number of amides is 1. The Labute approximate surface area is 161 Å². The Morgan fingerprint density at radius 3 is 2.43 bits per heavy atom. The molecule has 140 valence electrons. The van der Waals surface area contributed by atoms with Gasteiger partial charge in [0.2, 0.25) is 0 Å². The summed E-state index contributed by atoms with van der Waals surface area (Å²) < 4.78 is 24.7. The number of benzene rings is 3. The molecular formula is C23H18FNO3. The van der Waals surface area contributed by atoms with E-state index >= 15 is 0 Å². The summed E-state index contributed by atoms with van der Waals surface area (Å²) in [7, 11) is 0. The summed E-state index contributed by atoms with van der Waals surface area (Å²) in [5.41, 5.74) is 2.12. The molecule has 4 rings (SSSR count). The highest BCUT2D eigenvalue weighted by Gasteiger charge is 2.20. The van der Waals surface area contributed by atoms with Crippen molar-refractivity contribution in [2.24, 2.45) is 0 Å². The molecular weight excluding hydrogens is 357 g/mol. The van der Waals surface area contributed by atoms with Crippen molar-refractivity contribution in [2.75, 3.05) is 0 Å².